The third kappa shape index (κ3) is 8.38. The largest absolute Gasteiger partial charge is 0.493 e. The molecular formula is C24H33NO6. The minimum Gasteiger partial charge on any atom is -0.493 e. The number of hydrogen-bond donors (Lipinski definition) is 2. The maximum absolute atomic E-state index is 11.6. The Morgan fingerprint density at radius 3 is 2.48 bits per heavy atom. The molecule has 2 aromatic carbocycles. The highest BCUT2D eigenvalue weighted by molar-refractivity contribution is 5.67. The van der Waals surface area contributed by atoms with Crippen LogP contribution in [0.5, 0.6) is 17.2 Å². The van der Waals surface area contributed by atoms with Crippen molar-refractivity contribution < 1.29 is 28.8 Å². The SMILES string of the molecule is COc1ccc(CCC(O)c2cccc(OCCNC(=O)OC(C)(C)C)c2)cc1OC. The molecule has 0 saturated carbocycles. The van der Waals surface area contributed by atoms with E-state index in [2.05, 4.69) is 5.32 Å². The quantitative estimate of drug-likeness (QED) is 0.546. The number of aliphatic hydroxyl groups excluding tert-OH is 1. The summed E-state index contributed by atoms with van der Waals surface area (Å²) in [7, 11) is 3.20. The number of aliphatic hydroxyl groups is 1. The summed E-state index contributed by atoms with van der Waals surface area (Å²) in [4.78, 5) is 11.6. The van der Waals surface area contributed by atoms with E-state index in [9.17, 15) is 9.90 Å². The average molecular weight is 432 g/mol. The van der Waals surface area contributed by atoms with Crippen LogP contribution in [0.1, 0.15) is 44.4 Å². The Balaban J connectivity index is 1.83. The van der Waals surface area contributed by atoms with Gasteiger partial charge in [-0.25, -0.2) is 4.79 Å². The van der Waals surface area contributed by atoms with Gasteiger partial charge in [0.2, 0.25) is 0 Å². The Kier molecular flexibility index (Phi) is 9.00. The molecule has 1 unspecified atom stereocenters. The van der Waals surface area contributed by atoms with E-state index in [1.54, 1.807) is 14.2 Å². The summed E-state index contributed by atoms with van der Waals surface area (Å²) in [6, 6.07) is 13.1. The first-order chi connectivity index (χ1) is 14.7. The van der Waals surface area contributed by atoms with Crippen LogP contribution in [-0.2, 0) is 11.2 Å². The van der Waals surface area contributed by atoms with Gasteiger partial charge < -0.3 is 29.4 Å². The number of amides is 1. The summed E-state index contributed by atoms with van der Waals surface area (Å²) in [5.41, 5.74) is 1.29. The molecule has 0 heterocycles. The molecule has 0 saturated heterocycles. The molecule has 2 rings (SSSR count). The predicted molar refractivity (Wildman–Crippen MR) is 119 cm³/mol. The molecule has 0 spiro atoms. The van der Waals surface area contributed by atoms with Crippen molar-refractivity contribution in [2.24, 2.45) is 0 Å². The van der Waals surface area contributed by atoms with Crippen LogP contribution in [0, 0.1) is 0 Å². The topological polar surface area (TPSA) is 86.2 Å². The minimum atomic E-state index is -0.628. The van der Waals surface area contributed by atoms with Crippen molar-refractivity contribution in [1.82, 2.24) is 5.32 Å². The Morgan fingerprint density at radius 2 is 1.81 bits per heavy atom. The van der Waals surface area contributed by atoms with Crippen LogP contribution in [0.25, 0.3) is 0 Å². The first-order valence-electron chi connectivity index (χ1n) is 10.3. The van der Waals surface area contributed by atoms with Crippen LogP contribution in [0.2, 0.25) is 0 Å². The number of rotatable bonds is 10. The first-order valence-corrected chi connectivity index (χ1v) is 10.3. The van der Waals surface area contributed by atoms with Crippen molar-refractivity contribution in [2.75, 3.05) is 27.4 Å². The number of carbonyl (C=O) groups excluding carboxylic acids is 1. The smallest absolute Gasteiger partial charge is 0.407 e. The number of carbonyl (C=O) groups is 1. The number of methoxy groups -OCH3 is 2. The zero-order valence-corrected chi connectivity index (χ0v) is 18.9. The van der Waals surface area contributed by atoms with Gasteiger partial charge in [0.25, 0.3) is 0 Å². The van der Waals surface area contributed by atoms with E-state index in [1.165, 1.54) is 0 Å². The summed E-state index contributed by atoms with van der Waals surface area (Å²) >= 11 is 0. The van der Waals surface area contributed by atoms with Crippen LogP contribution in [0.15, 0.2) is 42.5 Å². The fraction of sp³-hybridized carbons (Fsp3) is 0.458. The normalized spacial score (nSPS) is 12.1. The molecule has 1 atom stereocenters. The minimum absolute atomic E-state index is 0.296. The van der Waals surface area contributed by atoms with Gasteiger partial charge in [0.15, 0.2) is 11.5 Å². The van der Waals surface area contributed by atoms with Crippen LogP contribution >= 0.6 is 0 Å². The molecule has 0 aliphatic rings. The molecule has 0 bridgehead atoms. The van der Waals surface area contributed by atoms with E-state index in [4.69, 9.17) is 18.9 Å². The summed E-state index contributed by atoms with van der Waals surface area (Å²) in [6.07, 6.45) is 0.137. The molecule has 170 valence electrons. The summed E-state index contributed by atoms with van der Waals surface area (Å²) in [5, 5.41) is 13.2. The monoisotopic (exact) mass is 431 g/mol. The molecule has 0 fully saturated rings. The molecule has 7 heteroatoms. The van der Waals surface area contributed by atoms with Gasteiger partial charge in [-0.1, -0.05) is 18.2 Å². The fourth-order valence-electron chi connectivity index (χ4n) is 2.95. The van der Waals surface area contributed by atoms with E-state index in [1.807, 2.05) is 63.2 Å². The molecular weight excluding hydrogens is 398 g/mol. The number of aryl methyl sites for hydroxylation is 1. The van der Waals surface area contributed by atoms with Crippen molar-refractivity contribution in [2.45, 2.75) is 45.3 Å². The second-order valence-electron chi connectivity index (χ2n) is 8.09. The number of nitrogens with one attached hydrogen (secondary N) is 1. The first kappa shape index (κ1) is 24.3. The number of hydrogen-bond acceptors (Lipinski definition) is 6. The Labute approximate surface area is 184 Å². The zero-order valence-electron chi connectivity index (χ0n) is 18.9. The lowest BCUT2D eigenvalue weighted by Crippen LogP contribution is -2.34. The molecule has 0 radical (unpaired) electrons. The Bertz CT molecular complexity index is 846. The molecule has 2 aromatic rings. The van der Waals surface area contributed by atoms with Crippen LogP contribution in [-0.4, -0.2) is 44.2 Å². The van der Waals surface area contributed by atoms with Crippen molar-refractivity contribution in [1.29, 1.82) is 0 Å². The second kappa shape index (κ2) is 11.5. The molecule has 2 N–H and O–H groups in total. The third-order valence-corrected chi connectivity index (χ3v) is 4.44. The van der Waals surface area contributed by atoms with Gasteiger partial charge in [-0.2, -0.15) is 0 Å². The van der Waals surface area contributed by atoms with Crippen molar-refractivity contribution in [3.05, 3.63) is 53.6 Å². The highest BCUT2D eigenvalue weighted by atomic mass is 16.6. The lowest BCUT2D eigenvalue weighted by molar-refractivity contribution is 0.0520. The van der Waals surface area contributed by atoms with Crippen molar-refractivity contribution >= 4 is 6.09 Å². The van der Waals surface area contributed by atoms with Gasteiger partial charge >= 0.3 is 6.09 Å². The number of alkyl carbamates (subject to hydrolysis) is 1. The second-order valence-corrected chi connectivity index (χ2v) is 8.09. The van der Waals surface area contributed by atoms with Crippen LogP contribution in [0.3, 0.4) is 0 Å². The van der Waals surface area contributed by atoms with E-state index in [-0.39, 0.29) is 0 Å². The van der Waals surface area contributed by atoms with Gasteiger partial charge in [0.05, 0.1) is 26.9 Å². The van der Waals surface area contributed by atoms with Crippen LogP contribution < -0.4 is 19.5 Å². The van der Waals surface area contributed by atoms with Crippen LogP contribution in [0.4, 0.5) is 4.79 Å². The molecule has 0 aliphatic heterocycles. The Morgan fingerprint density at radius 1 is 1.06 bits per heavy atom. The zero-order chi connectivity index (χ0) is 22.9. The molecule has 7 nitrogen and oxygen atoms in total. The van der Waals surface area contributed by atoms with Crippen molar-refractivity contribution in [3.8, 4) is 17.2 Å². The molecule has 0 aromatic heterocycles. The summed E-state index contributed by atoms with van der Waals surface area (Å²) in [6.45, 7) is 6.05. The molecule has 31 heavy (non-hydrogen) atoms. The maximum Gasteiger partial charge on any atom is 0.407 e. The van der Waals surface area contributed by atoms with Gasteiger partial charge in [-0.15, -0.1) is 0 Å². The molecule has 1 amide bonds. The van der Waals surface area contributed by atoms with E-state index >= 15 is 0 Å². The predicted octanol–water partition coefficient (Wildman–Crippen LogP) is 4.27. The highest BCUT2D eigenvalue weighted by Gasteiger charge is 2.15. The third-order valence-electron chi connectivity index (χ3n) is 4.44. The fourth-order valence-corrected chi connectivity index (χ4v) is 2.95. The average Bonchev–Trinajstić information content (AvgIpc) is 2.73. The standard InChI is InChI=1S/C24H33NO6/c1-24(2,3)31-23(27)25-13-14-30-19-8-6-7-18(16-19)20(26)11-9-17-10-12-21(28-4)22(15-17)29-5/h6-8,10,12,15-16,20,26H,9,11,13-14H2,1-5H3,(H,25,27). The van der Waals surface area contributed by atoms with Gasteiger partial charge in [0, 0.05) is 0 Å². The maximum atomic E-state index is 11.6. The lowest BCUT2D eigenvalue weighted by Gasteiger charge is -2.19. The lowest BCUT2D eigenvalue weighted by atomic mass is 10.0. The van der Waals surface area contributed by atoms with E-state index in [0.717, 1.165) is 11.1 Å². The number of benzene rings is 2. The van der Waals surface area contributed by atoms with Crippen molar-refractivity contribution in [3.63, 3.8) is 0 Å². The molecule has 0 aliphatic carbocycles. The number of ether oxygens (including phenoxy) is 4. The van der Waals surface area contributed by atoms with E-state index < -0.39 is 17.8 Å². The Hall–Kier alpha value is -2.93. The van der Waals surface area contributed by atoms with Gasteiger partial charge in [-0.05, 0) is 69.0 Å². The van der Waals surface area contributed by atoms with Gasteiger partial charge in [-0.3, -0.25) is 0 Å². The summed E-state index contributed by atoms with van der Waals surface area (Å²) in [5.74, 6) is 1.98. The summed E-state index contributed by atoms with van der Waals surface area (Å²) < 4.78 is 21.4. The van der Waals surface area contributed by atoms with Gasteiger partial charge in [0.1, 0.15) is 18.0 Å². The highest BCUT2D eigenvalue weighted by Crippen LogP contribution is 2.29. The van der Waals surface area contributed by atoms with E-state index in [0.29, 0.717) is 43.2 Å².